The van der Waals surface area contributed by atoms with E-state index in [0.29, 0.717) is 47.0 Å². The molecule has 1 aliphatic heterocycles. The van der Waals surface area contributed by atoms with Crippen molar-refractivity contribution < 1.29 is 28.5 Å². The van der Waals surface area contributed by atoms with Gasteiger partial charge in [0.2, 0.25) is 5.91 Å². The Hall–Kier alpha value is -3.78. The number of Topliss-reactive ketones (excluding diaryl/α,β-unsaturated/α-hetero) is 1. The van der Waals surface area contributed by atoms with Crippen LogP contribution in [0.5, 0.6) is 23.0 Å². The second-order valence-corrected chi connectivity index (χ2v) is 9.16. The maximum Gasteiger partial charge on any atom is 0.237 e. The van der Waals surface area contributed by atoms with Gasteiger partial charge in [-0.05, 0) is 79.8 Å². The number of hydrogen-bond acceptors (Lipinski definition) is 7. The van der Waals surface area contributed by atoms with Crippen LogP contribution in [0.4, 0.5) is 0 Å². The lowest BCUT2D eigenvalue weighted by Crippen LogP contribution is -2.47. The summed E-state index contributed by atoms with van der Waals surface area (Å²) in [6.45, 7) is 0.843. The molecule has 2 aromatic rings. The van der Waals surface area contributed by atoms with Gasteiger partial charge in [0, 0.05) is 17.2 Å². The van der Waals surface area contributed by atoms with Gasteiger partial charge in [0.25, 0.3) is 0 Å². The lowest BCUT2D eigenvalue weighted by molar-refractivity contribution is -0.124. The Labute approximate surface area is 217 Å². The zero-order valence-electron chi connectivity index (χ0n) is 21.8. The van der Waals surface area contributed by atoms with Crippen LogP contribution in [0.25, 0.3) is 12.2 Å². The van der Waals surface area contributed by atoms with Gasteiger partial charge in [-0.25, -0.2) is 0 Å². The van der Waals surface area contributed by atoms with Gasteiger partial charge < -0.3 is 29.6 Å². The summed E-state index contributed by atoms with van der Waals surface area (Å²) in [4.78, 5) is 26.5. The Morgan fingerprint density at radius 1 is 0.838 bits per heavy atom. The SMILES string of the molecule is COc1ccc(/C=C2\CC(NC(=O)[C@@H]3CCCN3)C/C(=C\c3ccc(OC)c(OC)c3)C2=O)cc1OC. The van der Waals surface area contributed by atoms with E-state index >= 15 is 0 Å². The highest BCUT2D eigenvalue weighted by atomic mass is 16.5. The molecule has 196 valence electrons. The molecule has 0 bridgehead atoms. The van der Waals surface area contributed by atoms with E-state index in [1.807, 2.05) is 48.6 Å². The first-order valence-corrected chi connectivity index (χ1v) is 12.4. The molecule has 37 heavy (non-hydrogen) atoms. The number of carbonyl (C=O) groups is 2. The Morgan fingerprint density at radius 3 is 1.78 bits per heavy atom. The minimum atomic E-state index is -0.203. The number of ketones is 1. The molecule has 1 saturated heterocycles. The molecule has 0 radical (unpaired) electrons. The molecular weight excluding hydrogens is 472 g/mol. The Balaban J connectivity index is 1.67. The Morgan fingerprint density at radius 2 is 1.35 bits per heavy atom. The molecular formula is C29H34N2O6. The van der Waals surface area contributed by atoms with Crippen molar-refractivity contribution in [1.29, 1.82) is 0 Å². The molecule has 1 aliphatic carbocycles. The van der Waals surface area contributed by atoms with E-state index in [2.05, 4.69) is 10.6 Å². The van der Waals surface area contributed by atoms with Gasteiger partial charge in [0.05, 0.1) is 34.5 Å². The fourth-order valence-electron chi connectivity index (χ4n) is 4.84. The Bertz CT molecular complexity index is 1140. The summed E-state index contributed by atoms with van der Waals surface area (Å²) in [5, 5.41) is 6.41. The second kappa shape index (κ2) is 12.0. The molecule has 1 heterocycles. The van der Waals surface area contributed by atoms with E-state index in [0.717, 1.165) is 30.5 Å². The van der Waals surface area contributed by atoms with Crippen LogP contribution >= 0.6 is 0 Å². The van der Waals surface area contributed by atoms with Crippen molar-refractivity contribution in [3.8, 4) is 23.0 Å². The van der Waals surface area contributed by atoms with Gasteiger partial charge in [-0.2, -0.15) is 0 Å². The predicted molar refractivity (Wildman–Crippen MR) is 142 cm³/mol. The third kappa shape index (κ3) is 6.14. The fourth-order valence-corrected chi connectivity index (χ4v) is 4.84. The van der Waals surface area contributed by atoms with E-state index in [9.17, 15) is 9.59 Å². The lowest BCUT2D eigenvalue weighted by atomic mass is 9.83. The number of hydrogen-bond donors (Lipinski definition) is 2. The van der Waals surface area contributed by atoms with Crippen molar-refractivity contribution in [2.75, 3.05) is 35.0 Å². The normalized spacial score (nSPS) is 21.7. The van der Waals surface area contributed by atoms with Crippen LogP contribution in [-0.4, -0.2) is 58.8 Å². The maximum absolute atomic E-state index is 13.6. The number of methoxy groups -OCH3 is 4. The molecule has 8 heteroatoms. The molecule has 2 aromatic carbocycles. The summed E-state index contributed by atoms with van der Waals surface area (Å²) >= 11 is 0. The number of nitrogens with one attached hydrogen (secondary N) is 2. The van der Waals surface area contributed by atoms with Gasteiger partial charge in [-0.15, -0.1) is 0 Å². The van der Waals surface area contributed by atoms with E-state index in [1.165, 1.54) is 0 Å². The van der Waals surface area contributed by atoms with Gasteiger partial charge in [0.1, 0.15) is 0 Å². The third-order valence-corrected chi connectivity index (χ3v) is 6.74. The highest BCUT2D eigenvalue weighted by molar-refractivity contribution is 6.14. The van der Waals surface area contributed by atoms with Gasteiger partial charge >= 0.3 is 0 Å². The average Bonchev–Trinajstić information content (AvgIpc) is 3.46. The number of carbonyl (C=O) groups excluding carboxylic acids is 2. The van der Waals surface area contributed by atoms with E-state index in [-0.39, 0.29) is 23.8 Å². The lowest BCUT2D eigenvalue weighted by Gasteiger charge is -2.28. The summed E-state index contributed by atoms with van der Waals surface area (Å²) in [6.07, 6.45) is 6.40. The average molecular weight is 507 g/mol. The summed E-state index contributed by atoms with van der Waals surface area (Å²) < 4.78 is 21.5. The van der Waals surface area contributed by atoms with Crippen LogP contribution in [0.3, 0.4) is 0 Å². The fraction of sp³-hybridized carbons (Fsp3) is 0.379. The van der Waals surface area contributed by atoms with Crippen LogP contribution in [-0.2, 0) is 9.59 Å². The van der Waals surface area contributed by atoms with Gasteiger partial charge in [-0.1, -0.05) is 12.1 Å². The largest absolute Gasteiger partial charge is 0.493 e. The van der Waals surface area contributed by atoms with E-state index < -0.39 is 0 Å². The molecule has 4 rings (SSSR count). The first-order valence-electron chi connectivity index (χ1n) is 12.4. The Kier molecular flexibility index (Phi) is 8.50. The van der Waals surface area contributed by atoms with Crippen LogP contribution < -0.4 is 29.6 Å². The van der Waals surface area contributed by atoms with Crippen LogP contribution in [0.1, 0.15) is 36.8 Å². The van der Waals surface area contributed by atoms with Crippen LogP contribution in [0.15, 0.2) is 47.5 Å². The topological polar surface area (TPSA) is 95.1 Å². The summed E-state index contributed by atoms with van der Waals surface area (Å²) in [7, 11) is 6.32. The maximum atomic E-state index is 13.6. The number of benzene rings is 2. The molecule has 2 N–H and O–H groups in total. The van der Waals surface area contributed by atoms with Gasteiger partial charge in [0.15, 0.2) is 28.8 Å². The highest BCUT2D eigenvalue weighted by Gasteiger charge is 2.31. The molecule has 1 amide bonds. The van der Waals surface area contributed by atoms with E-state index in [4.69, 9.17) is 18.9 Å². The first kappa shape index (κ1) is 26.3. The first-order chi connectivity index (χ1) is 17.9. The van der Waals surface area contributed by atoms with Crippen molar-refractivity contribution >= 4 is 23.8 Å². The van der Waals surface area contributed by atoms with Gasteiger partial charge in [-0.3, -0.25) is 9.59 Å². The standard InChI is InChI=1S/C29H34N2O6/c1-34-24-9-7-18(14-26(24)36-3)12-20-16-22(31-29(33)23-6-5-11-30-23)17-21(28(20)32)13-19-8-10-25(35-2)27(15-19)37-4/h7-10,12-15,22-23,30H,5-6,11,16-17H2,1-4H3,(H,31,33)/b20-12+,21-13+/t23-/m0/s1. The second-order valence-electron chi connectivity index (χ2n) is 9.16. The molecule has 0 aromatic heterocycles. The molecule has 2 aliphatic rings. The van der Waals surface area contributed by atoms with Crippen molar-refractivity contribution in [3.63, 3.8) is 0 Å². The van der Waals surface area contributed by atoms with Crippen molar-refractivity contribution in [2.24, 2.45) is 0 Å². The predicted octanol–water partition coefficient (Wildman–Crippen LogP) is 3.79. The molecule has 2 fully saturated rings. The minimum absolute atomic E-state index is 0.0206. The third-order valence-electron chi connectivity index (χ3n) is 6.74. The number of rotatable bonds is 8. The van der Waals surface area contributed by atoms with Crippen LogP contribution in [0.2, 0.25) is 0 Å². The van der Waals surface area contributed by atoms with Crippen molar-refractivity contribution in [2.45, 2.75) is 37.8 Å². The monoisotopic (exact) mass is 506 g/mol. The summed E-state index contributed by atoms with van der Waals surface area (Å²) in [5.74, 6) is 2.32. The van der Waals surface area contributed by atoms with Crippen molar-refractivity contribution in [1.82, 2.24) is 10.6 Å². The quantitative estimate of drug-likeness (QED) is 0.526. The summed E-state index contributed by atoms with van der Waals surface area (Å²) in [6, 6.07) is 10.7. The van der Waals surface area contributed by atoms with Crippen molar-refractivity contribution in [3.05, 3.63) is 58.7 Å². The van der Waals surface area contributed by atoms with Crippen LogP contribution in [0, 0.1) is 0 Å². The molecule has 8 nitrogen and oxygen atoms in total. The zero-order chi connectivity index (χ0) is 26.4. The van der Waals surface area contributed by atoms with E-state index in [1.54, 1.807) is 28.4 Å². The highest BCUT2D eigenvalue weighted by Crippen LogP contribution is 2.33. The molecule has 1 atom stereocenters. The minimum Gasteiger partial charge on any atom is -0.493 e. The smallest absolute Gasteiger partial charge is 0.237 e. The number of amides is 1. The molecule has 1 saturated carbocycles. The number of ether oxygens (including phenoxy) is 4. The molecule has 0 unspecified atom stereocenters. The zero-order valence-corrected chi connectivity index (χ0v) is 21.8. The molecule has 0 spiro atoms. The summed E-state index contributed by atoms with van der Waals surface area (Å²) in [5.41, 5.74) is 2.87.